The van der Waals surface area contributed by atoms with Crippen LogP contribution in [0.2, 0.25) is 0 Å². The number of hydrogen-bond acceptors (Lipinski definition) is 13. The van der Waals surface area contributed by atoms with Crippen molar-refractivity contribution in [1.82, 2.24) is 24.4 Å². The van der Waals surface area contributed by atoms with Crippen LogP contribution in [0.4, 0.5) is 5.82 Å². The molecule has 0 unspecified atom stereocenters. The third-order valence-corrected chi connectivity index (χ3v) is 7.41. The molecule has 1 aliphatic rings. The second-order valence-electron chi connectivity index (χ2n) is 10.1. The van der Waals surface area contributed by atoms with E-state index in [9.17, 15) is 5.11 Å². The summed E-state index contributed by atoms with van der Waals surface area (Å²) in [6.45, 7) is 1.91. The second-order valence-corrected chi connectivity index (χ2v) is 10.1. The zero-order valence-corrected chi connectivity index (χ0v) is 25.7. The molecule has 44 heavy (non-hydrogen) atoms. The van der Waals surface area contributed by atoms with Gasteiger partial charge in [-0.25, -0.2) is 15.0 Å². The number of hydrogen-bond donors (Lipinski definition) is 2. The Bertz CT molecular complexity index is 1530. The third kappa shape index (κ3) is 6.23. The number of anilines is 1. The Labute approximate surface area is 255 Å². The number of ether oxygens (including phenoxy) is 7. The first-order valence-corrected chi connectivity index (χ1v) is 13.9. The monoisotopic (exact) mass is 610 g/mol. The topological polar surface area (TPSA) is 144 Å². The minimum atomic E-state index is -0.453. The molecule has 1 fully saturated rings. The molecule has 2 atom stereocenters. The molecule has 0 aliphatic carbocycles. The van der Waals surface area contributed by atoms with Gasteiger partial charge in [0.05, 0.1) is 61.7 Å². The van der Waals surface area contributed by atoms with Crippen LogP contribution >= 0.6 is 0 Å². The lowest BCUT2D eigenvalue weighted by Gasteiger charge is -2.38. The number of imidazole rings is 1. The van der Waals surface area contributed by atoms with Gasteiger partial charge in [0.25, 0.3) is 0 Å². The maximum absolute atomic E-state index is 10.1. The molecular weight excluding hydrogens is 572 g/mol. The maximum atomic E-state index is 10.1. The van der Waals surface area contributed by atoms with Crippen molar-refractivity contribution in [3.8, 4) is 34.5 Å². The predicted molar refractivity (Wildman–Crippen MR) is 161 cm³/mol. The second kappa shape index (κ2) is 13.8. The van der Waals surface area contributed by atoms with E-state index in [0.29, 0.717) is 77.7 Å². The first-order chi connectivity index (χ1) is 21.5. The maximum Gasteiger partial charge on any atom is 0.203 e. The molecule has 0 spiro atoms. The number of fused-ring (bicyclic) bond motifs is 1. The Kier molecular flexibility index (Phi) is 9.72. The largest absolute Gasteiger partial charge is 0.493 e. The van der Waals surface area contributed by atoms with Crippen molar-refractivity contribution in [2.75, 3.05) is 67.7 Å². The lowest BCUT2D eigenvalue weighted by atomic mass is 10.1. The van der Waals surface area contributed by atoms with Gasteiger partial charge in [-0.15, -0.1) is 0 Å². The van der Waals surface area contributed by atoms with Crippen LogP contribution in [0.15, 0.2) is 36.9 Å². The number of benzene rings is 2. The number of aliphatic hydroxyl groups is 1. The fraction of sp³-hybridized carbons (Fsp3) is 0.433. The van der Waals surface area contributed by atoms with Gasteiger partial charge in [0.1, 0.15) is 12.6 Å². The first-order valence-electron chi connectivity index (χ1n) is 13.9. The molecule has 1 saturated heterocycles. The number of morpholine rings is 1. The average molecular weight is 611 g/mol. The Hall–Kier alpha value is -4.53. The zero-order valence-electron chi connectivity index (χ0n) is 25.7. The Morgan fingerprint density at radius 3 is 1.93 bits per heavy atom. The van der Waals surface area contributed by atoms with Gasteiger partial charge in [0.15, 0.2) is 40.0 Å². The van der Waals surface area contributed by atoms with Crippen molar-refractivity contribution in [2.24, 2.45) is 0 Å². The molecule has 0 bridgehead atoms. The van der Waals surface area contributed by atoms with Crippen molar-refractivity contribution in [2.45, 2.75) is 25.4 Å². The summed E-state index contributed by atoms with van der Waals surface area (Å²) in [5.74, 6) is 3.89. The Morgan fingerprint density at radius 2 is 1.39 bits per heavy atom. The Balaban J connectivity index is 1.37. The normalized spacial score (nSPS) is 16.9. The number of nitrogens with zero attached hydrogens (tertiary/aromatic N) is 5. The number of nitrogens with one attached hydrogen (secondary N) is 1. The van der Waals surface area contributed by atoms with Crippen molar-refractivity contribution in [1.29, 1.82) is 0 Å². The molecule has 4 aromatic rings. The fourth-order valence-electron chi connectivity index (χ4n) is 5.38. The van der Waals surface area contributed by atoms with Gasteiger partial charge in [-0.2, -0.15) is 0 Å². The fourth-order valence-corrected chi connectivity index (χ4v) is 5.38. The highest BCUT2D eigenvalue weighted by Gasteiger charge is 2.30. The quantitative estimate of drug-likeness (QED) is 0.229. The van der Waals surface area contributed by atoms with Crippen LogP contribution in [0.25, 0.3) is 11.2 Å². The van der Waals surface area contributed by atoms with E-state index in [1.54, 1.807) is 49.0 Å². The van der Waals surface area contributed by atoms with E-state index in [1.807, 2.05) is 28.8 Å². The van der Waals surface area contributed by atoms with E-state index in [0.717, 1.165) is 11.1 Å². The molecule has 0 amide bonds. The highest BCUT2D eigenvalue weighted by molar-refractivity contribution is 5.82. The van der Waals surface area contributed by atoms with Crippen LogP contribution in [0.5, 0.6) is 34.5 Å². The summed E-state index contributed by atoms with van der Waals surface area (Å²) in [6, 6.07) is 7.59. The molecule has 1 aliphatic heterocycles. The van der Waals surface area contributed by atoms with Crippen LogP contribution in [-0.2, 0) is 17.8 Å². The molecule has 5 rings (SSSR count). The predicted octanol–water partition coefficient (Wildman–Crippen LogP) is 2.88. The van der Waals surface area contributed by atoms with Gasteiger partial charge in [0.2, 0.25) is 11.5 Å². The third-order valence-electron chi connectivity index (χ3n) is 7.41. The van der Waals surface area contributed by atoms with Gasteiger partial charge in [-0.1, -0.05) is 0 Å². The highest BCUT2D eigenvalue weighted by atomic mass is 16.5. The molecule has 0 saturated carbocycles. The average Bonchev–Trinajstić information content (AvgIpc) is 3.51. The zero-order chi connectivity index (χ0) is 31.2. The lowest BCUT2D eigenvalue weighted by molar-refractivity contribution is -0.135. The summed E-state index contributed by atoms with van der Waals surface area (Å²) in [7, 11) is 9.48. The molecule has 2 N–H and O–H groups in total. The van der Waals surface area contributed by atoms with Crippen molar-refractivity contribution >= 4 is 17.0 Å². The van der Waals surface area contributed by atoms with Crippen molar-refractivity contribution in [3.05, 3.63) is 48.0 Å². The van der Waals surface area contributed by atoms with E-state index < -0.39 is 12.3 Å². The van der Waals surface area contributed by atoms with Crippen LogP contribution < -0.4 is 33.7 Å². The van der Waals surface area contributed by atoms with Crippen LogP contribution in [-0.4, -0.2) is 98.0 Å². The van der Waals surface area contributed by atoms with Gasteiger partial charge >= 0.3 is 0 Å². The minimum absolute atomic E-state index is 0.133. The van der Waals surface area contributed by atoms with E-state index in [1.165, 1.54) is 6.33 Å². The van der Waals surface area contributed by atoms with Crippen LogP contribution in [0.3, 0.4) is 0 Å². The molecule has 2 aromatic carbocycles. The number of rotatable bonds is 13. The standard InChI is InChI=1S/C30H38N6O8/c1-38-21-7-18(8-22(39-2)27(21)42-5)11-31-29-26-30(33-16-32-29)36(17-34-26)25-14-35(13-20(15-37)44-25)12-19-9-23(40-3)28(43-6)24(10-19)41-4/h7-10,16-17,20,25,37H,11-15H2,1-6H3,(H,31,32,33)/t20-,25+/m0/s1. The van der Waals surface area contributed by atoms with E-state index >= 15 is 0 Å². The summed E-state index contributed by atoms with van der Waals surface area (Å²) in [5.41, 5.74) is 3.05. The Morgan fingerprint density at radius 1 is 0.795 bits per heavy atom. The van der Waals surface area contributed by atoms with Gasteiger partial charge in [0, 0.05) is 26.2 Å². The summed E-state index contributed by atoms with van der Waals surface area (Å²) in [5, 5.41) is 13.4. The molecular formula is C30H38N6O8. The molecule has 14 heteroatoms. The lowest BCUT2D eigenvalue weighted by Crippen LogP contribution is -2.46. The smallest absolute Gasteiger partial charge is 0.203 e. The van der Waals surface area contributed by atoms with Gasteiger partial charge < -0.3 is 43.6 Å². The van der Waals surface area contributed by atoms with Gasteiger partial charge in [-0.3, -0.25) is 9.47 Å². The van der Waals surface area contributed by atoms with E-state index in [-0.39, 0.29) is 6.61 Å². The number of aromatic nitrogens is 4. The van der Waals surface area contributed by atoms with Crippen LogP contribution in [0.1, 0.15) is 17.4 Å². The summed E-state index contributed by atoms with van der Waals surface area (Å²) in [4.78, 5) is 15.8. The van der Waals surface area contributed by atoms with E-state index in [4.69, 9.17) is 33.2 Å². The first kappa shape index (κ1) is 30.9. The van der Waals surface area contributed by atoms with Crippen molar-refractivity contribution in [3.63, 3.8) is 0 Å². The molecule has 14 nitrogen and oxygen atoms in total. The molecule has 236 valence electrons. The summed E-state index contributed by atoms with van der Waals surface area (Å²) < 4.78 is 41.1. The van der Waals surface area contributed by atoms with Gasteiger partial charge in [-0.05, 0) is 35.4 Å². The molecule has 0 radical (unpaired) electrons. The molecule has 3 heterocycles. The van der Waals surface area contributed by atoms with E-state index in [2.05, 4.69) is 25.2 Å². The van der Waals surface area contributed by atoms with Crippen LogP contribution in [0, 0.1) is 0 Å². The number of aliphatic hydroxyl groups excluding tert-OH is 1. The highest BCUT2D eigenvalue weighted by Crippen LogP contribution is 2.40. The summed E-state index contributed by atoms with van der Waals surface area (Å²) in [6.07, 6.45) is 2.31. The number of methoxy groups -OCH3 is 6. The molecule has 2 aromatic heterocycles. The summed E-state index contributed by atoms with van der Waals surface area (Å²) >= 11 is 0. The SMILES string of the molecule is COc1cc(CNc2ncnc3c2ncn3[C@H]2CN(Cc3cc(OC)c(OC)c(OC)c3)C[C@@H](CO)O2)cc(OC)c1OC. The van der Waals surface area contributed by atoms with Crippen molar-refractivity contribution < 1.29 is 38.3 Å². The minimum Gasteiger partial charge on any atom is -0.493 e.